The average Bonchev–Trinajstić information content (AvgIpc) is 3.23. The maximum atomic E-state index is 14.1. The molecule has 12 heteroatoms. The number of rotatable bonds is 20. The van der Waals surface area contributed by atoms with Gasteiger partial charge in [-0.05, 0) is 91.1 Å². The zero-order valence-corrected chi connectivity index (χ0v) is 33.7. The lowest BCUT2D eigenvalue weighted by atomic mass is 9.55. The smallest absolute Gasteiger partial charge is 0.410 e. The van der Waals surface area contributed by atoms with Gasteiger partial charge in [-0.25, -0.2) is 9.18 Å². The second-order valence-corrected chi connectivity index (χ2v) is 15.9. The van der Waals surface area contributed by atoms with Gasteiger partial charge in [-0.2, -0.15) is 0 Å². The van der Waals surface area contributed by atoms with Crippen molar-refractivity contribution in [2.75, 3.05) is 46.4 Å². The molecule has 3 aromatic carbocycles. The van der Waals surface area contributed by atoms with E-state index >= 15 is 0 Å². The molecule has 6 atom stereocenters. The van der Waals surface area contributed by atoms with Crippen molar-refractivity contribution in [2.45, 2.75) is 74.1 Å². The molecule has 0 aromatic heterocycles. The second kappa shape index (κ2) is 20.4. The molecule has 1 saturated carbocycles. The predicted molar refractivity (Wildman–Crippen MR) is 219 cm³/mol. The maximum absolute atomic E-state index is 14.1. The lowest BCUT2D eigenvalue weighted by Crippen LogP contribution is -2.70. The first-order valence-corrected chi connectivity index (χ1v) is 20.9. The van der Waals surface area contributed by atoms with Gasteiger partial charge in [-0.15, -0.1) is 18.3 Å². The minimum Gasteiger partial charge on any atom is -0.493 e. The molecule has 10 nitrogen and oxygen atoms in total. The number of unbranched alkanes of at least 4 members (excludes halogenated alkanes) is 2. The summed E-state index contributed by atoms with van der Waals surface area (Å²) in [4.78, 5) is 22.3. The number of amides is 1. The van der Waals surface area contributed by atoms with Crippen LogP contribution in [0.25, 0.3) is 0 Å². The molecule has 1 amide bonds. The summed E-state index contributed by atoms with van der Waals surface area (Å²) >= 11 is 1.73. The summed E-state index contributed by atoms with van der Waals surface area (Å²) in [5.74, 6) is -0.239. The van der Waals surface area contributed by atoms with Crippen molar-refractivity contribution < 1.29 is 43.2 Å². The number of aliphatic hydroxyl groups excluding tert-OH is 2. The van der Waals surface area contributed by atoms with Gasteiger partial charge in [-0.1, -0.05) is 60.5 Å². The van der Waals surface area contributed by atoms with Crippen LogP contribution < -0.4 is 9.47 Å². The summed E-state index contributed by atoms with van der Waals surface area (Å²) in [5.41, 5.74) is 3.26. The van der Waals surface area contributed by atoms with Crippen molar-refractivity contribution in [1.29, 1.82) is 0 Å². The molecule has 2 N–H and O–H groups in total. The largest absolute Gasteiger partial charge is 0.493 e. The van der Waals surface area contributed by atoms with Crippen LogP contribution in [-0.2, 0) is 20.9 Å². The molecule has 3 aromatic rings. The van der Waals surface area contributed by atoms with Gasteiger partial charge in [0.1, 0.15) is 30.5 Å². The summed E-state index contributed by atoms with van der Waals surface area (Å²) in [5, 5.41) is 24.3. The molecule has 1 fully saturated rings. The number of thioether (sulfide) groups is 1. The Labute approximate surface area is 339 Å². The van der Waals surface area contributed by atoms with Gasteiger partial charge >= 0.3 is 6.09 Å². The maximum Gasteiger partial charge on any atom is 0.410 e. The summed E-state index contributed by atoms with van der Waals surface area (Å²) in [7, 11) is 2.85. The van der Waals surface area contributed by atoms with Crippen molar-refractivity contribution >= 4 is 23.6 Å². The Hall–Kier alpha value is -4.36. The summed E-state index contributed by atoms with van der Waals surface area (Å²) in [6, 6.07) is 21.4. The predicted octanol–water partition coefficient (Wildman–Crippen LogP) is 8.53. The van der Waals surface area contributed by atoms with E-state index in [1.165, 1.54) is 31.2 Å². The van der Waals surface area contributed by atoms with Crippen LogP contribution in [0.2, 0.25) is 0 Å². The van der Waals surface area contributed by atoms with Crippen LogP contribution in [0.1, 0.15) is 62.0 Å². The fraction of sp³-hybridized carbons (Fsp3) is 0.467. The van der Waals surface area contributed by atoms with E-state index in [1.54, 1.807) is 34.9 Å². The van der Waals surface area contributed by atoms with E-state index in [4.69, 9.17) is 23.8 Å². The highest BCUT2D eigenvalue weighted by Crippen LogP contribution is 2.62. The van der Waals surface area contributed by atoms with Gasteiger partial charge < -0.3 is 34.0 Å². The summed E-state index contributed by atoms with van der Waals surface area (Å²) < 4.78 is 40.1. The first-order chi connectivity index (χ1) is 27.9. The molecule has 57 heavy (non-hydrogen) atoms. The fourth-order valence-electron chi connectivity index (χ4n) is 8.89. The number of nitrogens with zero attached hydrogens (tertiary/aromatic N) is 2. The Balaban J connectivity index is 1.50. The highest BCUT2D eigenvalue weighted by atomic mass is 32.2. The van der Waals surface area contributed by atoms with Crippen LogP contribution in [-0.4, -0.2) is 85.1 Å². The normalized spacial score (nSPS) is 24.1. The minimum atomic E-state index is -1.45. The molecular formula is C45H55FN2O8S. The topological polar surface area (TPSA) is 119 Å². The van der Waals surface area contributed by atoms with Crippen LogP contribution >= 0.6 is 11.8 Å². The van der Waals surface area contributed by atoms with E-state index in [2.05, 4.69) is 36.0 Å². The first kappa shape index (κ1) is 42.3. The van der Waals surface area contributed by atoms with E-state index in [0.29, 0.717) is 36.5 Å². The summed E-state index contributed by atoms with van der Waals surface area (Å²) in [6.07, 6.45) is 8.19. The highest BCUT2D eigenvalue weighted by molar-refractivity contribution is 7.99. The van der Waals surface area contributed by atoms with Crippen LogP contribution in [0.5, 0.6) is 11.5 Å². The van der Waals surface area contributed by atoms with Gasteiger partial charge in [0, 0.05) is 48.3 Å². The van der Waals surface area contributed by atoms with Gasteiger partial charge in [0.25, 0.3) is 0 Å². The molecule has 306 valence electrons. The lowest BCUT2D eigenvalue weighted by Gasteiger charge is -2.59. The third-order valence-corrected chi connectivity index (χ3v) is 12.2. The Bertz CT molecular complexity index is 1840. The molecule has 1 aliphatic heterocycles. The van der Waals surface area contributed by atoms with Crippen molar-refractivity contribution in [1.82, 2.24) is 4.90 Å². The fourth-order valence-corrected chi connectivity index (χ4v) is 9.64. The van der Waals surface area contributed by atoms with Gasteiger partial charge in [0.05, 0.1) is 32.0 Å². The SMILES string of the molecule is C=CCOC12Oc3ccc(OCCSc4ccccc4)cc3C3C(CCCCO)C(CCCCO)C=C(C(=NOC)CC1N(Cc1ccc(F)cc1)C(=O)OC)C32. The van der Waals surface area contributed by atoms with E-state index in [1.807, 2.05) is 30.3 Å². The number of oxime groups is 1. The molecule has 2 aliphatic carbocycles. The van der Waals surface area contributed by atoms with E-state index in [0.717, 1.165) is 48.3 Å². The van der Waals surface area contributed by atoms with Crippen molar-refractivity contribution in [2.24, 2.45) is 22.9 Å². The molecule has 1 heterocycles. The minimum absolute atomic E-state index is 0.0634. The van der Waals surface area contributed by atoms with Crippen molar-refractivity contribution in [3.05, 3.63) is 114 Å². The standard InChI is InChI=1S/C45H55FN2O8S/c1-4-24-55-45-41(48(44(51)52-2)30-31-16-18-33(46)19-17-31)29-39(47-53-3)37-27-32(12-8-10-22-49)36(15-9-11-23-50)42(43(37)45)38-28-34(20-21-40(38)56-45)54-25-26-57-35-13-6-5-7-14-35/h4-7,13-14,16-21,27-28,32,36,41-43,49-50H,1,8-12,15,22-26,29-30H2,2-3H3. The molecule has 0 spiro atoms. The molecule has 0 saturated heterocycles. The number of hydrogen-bond donors (Lipinski definition) is 2. The first-order valence-electron chi connectivity index (χ1n) is 19.9. The second-order valence-electron chi connectivity index (χ2n) is 14.7. The Kier molecular flexibility index (Phi) is 15.1. The summed E-state index contributed by atoms with van der Waals surface area (Å²) in [6.45, 7) is 4.89. The third-order valence-electron chi connectivity index (χ3n) is 11.3. The Morgan fingerprint density at radius 1 is 1.04 bits per heavy atom. The number of halogens is 1. The highest BCUT2D eigenvalue weighted by Gasteiger charge is 2.65. The van der Waals surface area contributed by atoms with Gasteiger partial charge in [0.2, 0.25) is 5.79 Å². The number of aliphatic hydroxyl groups is 2. The number of carbonyl (C=O) groups is 1. The van der Waals surface area contributed by atoms with E-state index in [9.17, 15) is 19.4 Å². The van der Waals surface area contributed by atoms with Crippen LogP contribution in [0, 0.1) is 23.6 Å². The van der Waals surface area contributed by atoms with Crippen molar-refractivity contribution in [3.8, 4) is 11.5 Å². The zero-order valence-electron chi connectivity index (χ0n) is 32.9. The molecular weight excluding hydrogens is 748 g/mol. The number of ether oxygens (including phenoxy) is 4. The molecule has 6 rings (SSSR count). The lowest BCUT2D eigenvalue weighted by molar-refractivity contribution is -0.256. The molecule has 0 radical (unpaired) electrons. The molecule has 6 unspecified atom stereocenters. The monoisotopic (exact) mass is 802 g/mol. The number of allylic oxidation sites excluding steroid dienone is 1. The number of fused-ring (bicyclic) bond motifs is 2. The molecule has 3 aliphatic rings. The van der Waals surface area contributed by atoms with E-state index < -0.39 is 23.8 Å². The average molecular weight is 803 g/mol. The number of hydrogen-bond acceptors (Lipinski definition) is 10. The third kappa shape index (κ3) is 9.68. The van der Waals surface area contributed by atoms with Gasteiger partial charge in [0.15, 0.2) is 0 Å². The Morgan fingerprint density at radius 2 is 1.79 bits per heavy atom. The van der Waals surface area contributed by atoms with Crippen LogP contribution in [0.4, 0.5) is 9.18 Å². The number of benzene rings is 3. The van der Waals surface area contributed by atoms with Gasteiger partial charge in [-0.3, -0.25) is 4.90 Å². The quantitative estimate of drug-likeness (QED) is 0.0502. The van der Waals surface area contributed by atoms with Crippen LogP contribution in [0.15, 0.2) is 107 Å². The Morgan fingerprint density at radius 3 is 2.49 bits per heavy atom. The number of methoxy groups -OCH3 is 1. The zero-order chi connectivity index (χ0) is 40.2. The van der Waals surface area contributed by atoms with Crippen molar-refractivity contribution in [3.63, 3.8) is 0 Å². The molecule has 0 bridgehead atoms. The number of carbonyl (C=O) groups excluding carboxylic acids is 1. The van der Waals surface area contributed by atoms with Crippen LogP contribution in [0.3, 0.4) is 0 Å². The van der Waals surface area contributed by atoms with E-state index in [-0.39, 0.29) is 56.4 Å².